The highest BCUT2D eigenvalue weighted by molar-refractivity contribution is 5.81. The smallest absolute Gasteiger partial charge is 0.223 e. The number of halogens is 2. The second-order valence-electron chi connectivity index (χ2n) is 8.59. The van der Waals surface area contributed by atoms with Gasteiger partial charge in [0.25, 0.3) is 0 Å². The van der Waals surface area contributed by atoms with Crippen molar-refractivity contribution in [2.75, 3.05) is 32.7 Å². The van der Waals surface area contributed by atoms with Gasteiger partial charge in [0.1, 0.15) is 11.6 Å². The molecule has 2 fully saturated rings. The van der Waals surface area contributed by atoms with Gasteiger partial charge >= 0.3 is 0 Å². The standard InChI is InChI=1S/C25H29F2N3O2/c26-21-9-5-18(6-10-21)24(19-7-11-22(27)12-8-19)30-16-14-29(15-17-30)23(31)2-1-13-28-25(32)20-3-4-20/h5-12,20,24H,1-4,13-17H2,(H,28,32). The lowest BCUT2D eigenvalue weighted by Crippen LogP contribution is -2.50. The van der Waals surface area contributed by atoms with Gasteiger partial charge in [-0.3, -0.25) is 14.5 Å². The van der Waals surface area contributed by atoms with Crippen molar-refractivity contribution in [3.8, 4) is 0 Å². The normalized spacial score (nSPS) is 16.9. The Morgan fingerprint density at radius 2 is 1.41 bits per heavy atom. The first-order valence-electron chi connectivity index (χ1n) is 11.3. The number of carbonyl (C=O) groups is 2. The SMILES string of the molecule is O=C(NCCCC(=O)N1CCN(C(c2ccc(F)cc2)c2ccc(F)cc2)CC1)C1CC1. The van der Waals surface area contributed by atoms with Crippen LogP contribution in [0, 0.1) is 17.6 Å². The molecule has 1 heterocycles. The Kier molecular flexibility index (Phi) is 7.15. The number of piperazine rings is 1. The average Bonchev–Trinajstić information content (AvgIpc) is 3.65. The van der Waals surface area contributed by atoms with Crippen molar-refractivity contribution >= 4 is 11.8 Å². The maximum Gasteiger partial charge on any atom is 0.223 e. The lowest BCUT2D eigenvalue weighted by atomic mass is 9.96. The largest absolute Gasteiger partial charge is 0.356 e. The summed E-state index contributed by atoms with van der Waals surface area (Å²) in [5, 5.41) is 2.90. The Bertz CT molecular complexity index is 876. The summed E-state index contributed by atoms with van der Waals surface area (Å²) in [7, 11) is 0. The van der Waals surface area contributed by atoms with Gasteiger partial charge in [0.05, 0.1) is 6.04 Å². The quantitative estimate of drug-likeness (QED) is 0.638. The molecule has 2 aromatic rings. The van der Waals surface area contributed by atoms with Crippen molar-refractivity contribution in [2.24, 2.45) is 5.92 Å². The molecule has 0 aromatic heterocycles. The van der Waals surface area contributed by atoms with Crippen LogP contribution in [0.25, 0.3) is 0 Å². The Hall–Kier alpha value is -2.80. The molecule has 1 saturated heterocycles. The van der Waals surface area contributed by atoms with E-state index in [0.29, 0.717) is 45.6 Å². The van der Waals surface area contributed by atoms with E-state index in [9.17, 15) is 18.4 Å². The number of rotatable bonds is 8. The van der Waals surface area contributed by atoms with E-state index in [1.165, 1.54) is 24.3 Å². The number of benzene rings is 2. The van der Waals surface area contributed by atoms with Crippen molar-refractivity contribution < 1.29 is 18.4 Å². The second kappa shape index (κ2) is 10.2. The number of carbonyl (C=O) groups excluding carboxylic acids is 2. The fourth-order valence-corrected chi connectivity index (χ4v) is 4.23. The molecular formula is C25H29F2N3O2. The predicted octanol–water partition coefficient (Wildman–Crippen LogP) is 3.50. The van der Waals surface area contributed by atoms with Crippen LogP contribution in [0.2, 0.25) is 0 Å². The molecule has 1 N–H and O–H groups in total. The van der Waals surface area contributed by atoms with Crippen LogP contribution in [0.5, 0.6) is 0 Å². The van der Waals surface area contributed by atoms with Gasteiger partial charge in [-0.1, -0.05) is 24.3 Å². The van der Waals surface area contributed by atoms with Gasteiger partial charge in [-0.05, 0) is 54.7 Å². The fourth-order valence-electron chi connectivity index (χ4n) is 4.23. The van der Waals surface area contributed by atoms with Crippen LogP contribution in [-0.2, 0) is 9.59 Å². The number of amides is 2. The first-order valence-corrected chi connectivity index (χ1v) is 11.3. The summed E-state index contributed by atoms with van der Waals surface area (Å²) in [6, 6.07) is 12.7. The molecule has 7 heteroatoms. The molecule has 2 aromatic carbocycles. The van der Waals surface area contributed by atoms with Crippen molar-refractivity contribution in [3.05, 3.63) is 71.3 Å². The first-order chi connectivity index (χ1) is 15.5. The molecule has 5 nitrogen and oxygen atoms in total. The average molecular weight is 442 g/mol. The molecule has 0 radical (unpaired) electrons. The molecule has 1 saturated carbocycles. The van der Waals surface area contributed by atoms with Crippen LogP contribution < -0.4 is 5.32 Å². The third-order valence-corrected chi connectivity index (χ3v) is 6.22. The van der Waals surface area contributed by atoms with Crippen LogP contribution in [-0.4, -0.2) is 54.3 Å². The van der Waals surface area contributed by atoms with E-state index < -0.39 is 0 Å². The van der Waals surface area contributed by atoms with E-state index in [1.807, 2.05) is 4.90 Å². The Morgan fingerprint density at radius 1 is 0.875 bits per heavy atom. The van der Waals surface area contributed by atoms with Crippen LogP contribution >= 0.6 is 0 Å². The van der Waals surface area contributed by atoms with Gasteiger partial charge in [0.15, 0.2) is 0 Å². The van der Waals surface area contributed by atoms with Gasteiger partial charge in [-0.15, -0.1) is 0 Å². The van der Waals surface area contributed by atoms with Crippen LogP contribution in [0.3, 0.4) is 0 Å². The first kappa shape index (κ1) is 22.4. The number of nitrogens with zero attached hydrogens (tertiary/aromatic N) is 2. The minimum Gasteiger partial charge on any atom is -0.356 e. The third kappa shape index (κ3) is 5.71. The zero-order chi connectivity index (χ0) is 22.5. The van der Waals surface area contributed by atoms with Crippen LogP contribution in [0.1, 0.15) is 42.9 Å². The maximum absolute atomic E-state index is 13.5. The fraction of sp³-hybridized carbons (Fsp3) is 0.440. The number of hydrogen-bond donors (Lipinski definition) is 1. The zero-order valence-corrected chi connectivity index (χ0v) is 18.1. The Balaban J connectivity index is 1.33. The molecule has 2 amide bonds. The Labute approximate surface area is 187 Å². The lowest BCUT2D eigenvalue weighted by Gasteiger charge is -2.40. The summed E-state index contributed by atoms with van der Waals surface area (Å²) in [4.78, 5) is 28.4. The maximum atomic E-state index is 13.5. The molecule has 0 bridgehead atoms. The minimum atomic E-state index is -0.296. The zero-order valence-electron chi connectivity index (χ0n) is 18.1. The van der Waals surface area contributed by atoms with Crippen molar-refractivity contribution in [2.45, 2.75) is 31.7 Å². The summed E-state index contributed by atoms with van der Waals surface area (Å²) < 4.78 is 26.9. The monoisotopic (exact) mass is 441 g/mol. The molecule has 1 aliphatic heterocycles. The third-order valence-electron chi connectivity index (χ3n) is 6.22. The van der Waals surface area contributed by atoms with Gasteiger partial charge in [0, 0.05) is 45.1 Å². The summed E-state index contributed by atoms with van der Waals surface area (Å²) in [6.07, 6.45) is 3.02. The lowest BCUT2D eigenvalue weighted by molar-refractivity contribution is -0.133. The highest BCUT2D eigenvalue weighted by Gasteiger charge is 2.30. The van der Waals surface area contributed by atoms with Crippen molar-refractivity contribution in [1.29, 1.82) is 0 Å². The predicted molar refractivity (Wildman–Crippen MR) is 118 cm³/mol. The van der Waals surface area contributed by atoms with Crippen LogP contribution in [0.15, 0.2) is 48.5 Å². The molecule has 1 aliphatic carbocycles. The molecular weight excluding hydrogens is 412 g/mol. The van der Waals surface area contributed by atoms with Crippen molar-refractivity contribution in [1.82, 2.24) is 15.1 Å². The summed E-state index contributed by atoms with van der Waals surface area (Å²) >= 11 is 0. The molecule has 170 valence electrons. The minimum absolute atomic E-state index is 0.102. The molecule has 0 atom stereocenters. The van der Waals surface area contributed by atoms with E-state index in [-0.39, 0.29) is 35.4 Å². The van der Waals surface area contributed by atoms with E-state index in [2.05, 4.69) is 10.2 Å². The molecule has 0 spiro atoms. The van der Waals surface area contributed by atoms with E-state index >= 15 is 0 Å². The second-order valence-corrected chi connectivity index (χ2v) is 8.59. The number of hydrogen-bond acceptors (Lipinski definition) is 3. The Morgan fingerprint density at radius 3 is 1.91 bits per heavy atom. The van der Waals surface area contributed by atoms with Crippen molar-refractivity contribution in [3.63, 3.8) is 0 Å². The van der Waals surface area contributed by atoms with E-state index in [1.54, 1.807) is 24.3 Å². The molecule has 0 unspecified atom stereocenters. The molecule has 4 rings (SSSR count). The van der Waals surface area contributed by atoms with Gasteiger partial charge in [-0.2, -0.15) is 0 Å². The van der Waals surface area contributed by atoms with Crippen LogP contribution in [0.4, 0.5) is 8.78 Å². The molecule has 2 aliphatic rings. The highest BCUT2D eigenvalue weighted by Crippen LogP contribution is 2.30. The van der Waals surface area contributed by atoms with Gasteiger partial charge < -0.3 is 10.2 Å². The summed E-state index contributed by atoms with van der Waals surface area (Å²) in [5.41, 5.74) is 1.87. The van der Waals surface area contributed by atoms with Gasteiger partial charge in [-0.25, -0.2) is 8.78 Å². The van der Waals surface area contributed by atoms with E-state index in [4.69, 9.17) is 0 Å². The molecule has 32 heavy (non-hydrogen) atoms. The van der Waals surface area contributed by atoms with E-state index in [0.717, 1.165) is 24.0 Å². The van der Waals surface area contributed by atoms with Gasteiger partial charge in [0.2, 0.25) is 11.8 Å². The number of nitrogens with one attached hydrogen (secondary N) is 1. The summed E-state index contributed by atoms with van der Waals surface area (Å²) in [5.74, 6) is -0.191. The highest BCUT2D eigenvalue weighted by atomic mass is 19.1. The summed E-state index contributed by atoms with van der Waals surface area (Å²) in [6.45, 7) is 3.09. The topological polar surface area (TPSA) is 52.7 Å².